The zero-order valence-corrected chi connectivity index (χ0v) is 10.7. The molecular formula is C14H11N3O3. The van der Waals surface area contributed by atoms with Crippen LogP contribution in [0.3, 0.4) is 0 Å². The highest BCUT2D eigenvalue weighted by Crippen LogP contribution is 2.15. The maximum Gasteiger partial charge on any atom is 0.340 e. The van der Waals surface area contributed by atoms with Gasteiger partial charge in [-0.25, -0.2) is 4.79 Å². The van der Waals surface area contributed by atoms with E-state index >= 15 is 0 Å². The third kappa shape index (κ3) is 1.78. The van der Waals surface area contributed by atoms with Crippen LogP contribution in [0.5, 0.6) is 0 Å². The summed E-state index contributed by atoms with van der Waals surface area (Å²) in [5.74, 6) is -0.514. The van der Waals surface area contributed by atoms with Crippen LogP contribution < -0.4 is 4.85 Å². The van der Waals surface area contributed by atoms with Crippen LogP contribution >= 0.6 is 0 Å². The number of para-hydroxylation sites is 2. The van der Waals surface area contributed by atoms with E-state index in [1.807, 2.05) is 0 Å². The van der Waals surface area contributed by atoms with E-state index in [0.717, 1.165) is 4.80 Å². The van der Waals surface area contributed by atoms with Crippen molar-refractivity contribution in [2.45, 2.75) is 0 Å². The van der Waals surface area contributed by atoms with E-state index in [4.69, 9.17) is 4.74 Å². The predicted molar refractivity (Wildman–Crippen MR) is 71.4 cm³/mol. The monoisotopic (exact) mass is 269 g/mol. The highest BCUT2D eigenvalue weighted by atomic mass is 16.5. The van der Waals surface area contributed by atoms with Gasteiger partial charge in [-0.3, -0.25) is 0 Å². The normalized spacial score (nSPS) is 10.7. The Labute approximate surface area is 114 Å². The zero-order valence-electron chi connectivity index (χ0n) is 10.7. The Kier molecular flexibility index (Phi) is 2.83. The molecule has 2 aromatic carbocycles. The first-order valence-corrected chi connectivity index (χ1v) is 5.97. The second kappa shape index (κ2) is 4.65. The fraction of sp³-hybridized carbons (Fsp3) is 0.0714. The van der Waals surface area contributed by atoms with E-state index in [-0.39, 0.29) is 5.56 Å². The first kappa shape index (κ1) is 12.2. The lowest BCUT2D eigenvalue weighted by Gasteiger charge is -2.07. The average Bonchev–Trinajstić information content (AvgIpc) is 2.84. The van der Waals surface area contributed by atoms with Crippen LogP contribution in [-0.2, 0) is 4.74 Å². The molecule has 0 spiro atoms. The summed E-state index contributed by atoms with van der Waals surface area (Å²) in [4.78, 5) is 13.6. The average molecular weight is 269 g/mol. The van der Waals surface area contributed by atoms with Gasteiger partial charge in [-0.15, -0.1) is 4.85 Å². The molecule has 3 aromatic rings. The van der Waals surface area contributed by atoms with E-state index in [1.54, 1.807) is 48.5 Å². The van der Waals surface area contributed by atoms with Crippen molar-refractivity contribution in [2.75, 3.05) is 7.11 Å². The molecule has 0 radical (unpaired) electrons. The number of esters is 1. The number of rotatable bonds is 2. The molecule has 1 heterocycles. The van der Waals surface area contributed by atoms with Crippen LogP contribution in [-0.4, -0.2) is 23.0 Å². The third-order valence-corrected chi connectivity index (χ3v) is 2.99. The molecule has 0 amide bonds. The Balaban J connectivity index is 2.26. The summed E-state index contributed by atoms with van der Waals surface area (Å²) in [6, 6.07) is 13.6. The summed E-state index contributed by atoms with van der Waals surface area (Å²) in [5, 5.41) is 16.5. The molecule has 0 aliphatic heterocycles. The molecule has 1 aromatic heterocycles. The highest BCUT2D eigenvalue weighted by Gasteiger charge is 2.21. The van der Waals surface area contributed by atoms with Crippen molar-refractivity contribution >= 4 is 17.0 Å². The first-order chi connectivity index (χ1) is 9.72. The lowest BCUT2D eigenvalue weighted by Crippen LogP contribution is -2.37. The van der Waals surface area contributed by atoms with Gasteiger partial charge in [0.2, 0.25) is 11.0 Å². The standard InChI is InChI=1S/C14H11N3O3/c1-20-14(18)10-6-2-4-8-12(10)16-15-11-7-3-5-9-13(11)17(16)19/h2-9H,1H3. The van der Waals surface area contributed by atoms with Gasteiger partial charge in [0.1, 0.15) is 5.69 Å². The molecule has 3 rings (SSSR count). The maximum absolute atomic E-state index is 12.3. The number of fused-ring (bicyclic) bond motifs is 1. The zero-order chi connectivity index (χ0) is 14.1. The first-order valence-electron chi connectivity index (χ1n) is 5.97. The number of carbonyl (C=O) groups excluding carboxylic acids is 1. The van der Waals surface area contributed by atoms with Gasteiger partial charge < -0.3 is 9.94 Å². The van der Waals surface area contributed by atoms with Gasteiger partial charge in [0.05, 0.1) is 17.8 Å². The van der Waals surface area contributed by atoms with Crippen molar-refractivity contribution in [2.24, 2.45) is 0 Å². The van der Waals surface area contributed by atoms with Crippen LogP contribution in [0.15, 0.2) is 48.5 Å². The summed E-state index contributed by atoms with van der Waals surface area (Å²) in [5.41, 5.74) is 1.66. The molecule has 0 atom stereocenters. The number of benzene rings is 2. The largest absolute Gasteiger partial charge is 0.692 e. The molecule has 0 saturated carbocycles. The van der Waals surface area contributed by atoms with Gasteiger partial charge in [0.15, 0.2) is 0 Å². The van der Waals surface area contributed by atoms with E-state index in [9.17, 15) is 10.0 Å². The molecule has 100 valence electrons. The minimum Gasteiger partial charge on any atom is -0.692 e. The number of carbonyl (C=O) groups is 1. The fourth-order valence-electron chi connectivity index (χ4n) is 2.04. The number of methoxy groups -OCH3 is 1. The topological polar surface area (TPSA) is 71.1 Å². The Bertz CT molecular complexity index is 795. The van der Waals surface area contributed by atoms with Gasteiger partial charge in [-0.05, 0) is 29.1 Å². The minimum atomic E-state index is -0.514. The molecular weight excluding hydrogens is 258 g/mol. The van der Waals surface area contributed by atoms with Gasteiger partial charge in [-0.1, -0.05) is 24.3 Å². The smallest absolute Gasteiger partial charge is 0.340 e. The Morgan fingerprint density at radius 2 is 1.90 bits per heavy atom. The van der Waals surface area contributed by atoms with Gasteiger partial charge in [-0.2, -0.15) is 0 Å². The van der Waals surface area contributed by atoms with Crippen molar-refractivity contribution < 1.29 is 14.4 Å². The maximum atomic E-state index is 12.3. The fourth-order valence-corrected chi connectivity index (χ4v) is 2.04. The van der Waals surface area contributed by atoms with Crippen molar-refractivity contribution in [3.05, 3.63) is 59.3 Å². The molecule has 0 aliphatic carbocycles. The van der Waals surface area contributed by atoms with E-state index in [1.165, 1.54) is 7.11 Å². The number of hydrogen-bond acceptors (Lipinski definition) is 4. The van der Waals surface area contributed by atoms with Crippen LogP contribution in [0.1, 0.15) is 10.4 Å². The molecule has 20 heavy (non-hydrogen) atoms. The lowest BCUT2D eigenvalue weighted by molar-refractivity contribution is -0.664. The summed E-state index contributed by atoms with van der Waals surface area (Å²) in [7, 11) is 1.30. The summed E-state index contributed by atoms with van der Waals surface area (Å²) >= 11 is 0. The molecule has 6 nitrogen and oxygen atoms in total. The third-order valence-electron chi connectivity index (χ3n) is 2.99. The van der Waals surface area contributed by atoms with E-state index in [0.29, 0.717) is 21.6 Å². The SMILES string of the molecule is COC(=O)c1ccccc1-n1nc2ccccc2[n+]1[O-]. The highest BCUT2D eigenvalue weighted by molar-refractivity contribution is 5.93. The summed E-state index contributed by atoms with van der Waals surface area (Å²) in [6.07, 6.45) is 0. The van der Waals surface area contributed by atoms with Crippen LogP contribution in [0, 0.1) is 5.21 Å². The Hall–Kier alpha value is -2.89. The van der Waals surface area contributed by atoms with Crippen molar-refractivity contribution in [3.63, 3.8) is 0 Å². The number of aromatic nitrogens is 3. The van der Waals surface area contributed by atoms with Gasteiger partial charge in [0.25, 0.3) is 0 Å². The van der Waals surface area contributed by atoms with Gasteiger partial charge in [0, 0.05) is 0 Å². The molecule has 0 fully saturated rings. The van der Waals surface area contributed by atoms with E-state index in [2.05, 4.69) is 5.10 Å². The van der Waals surface area contributed by atoms with Crippen molar-refractivity contribution in [1.29, 1.82) is 0 Å². The Morgan fingerprint density at radius 1 is 1.20 bits per heavy atom. The minimum absolute atomic E-state index is 0.285. The molecule has 0 N–H and O–H groups in total. The van der Waals surface area contributed by atoms with Crippen LogP contribution in [0.2, 0.25) is 0 Å². The van der Waals surface area contributed by atoms with E-state index < -0.39 is 5.97 Å². The second-order valence-electron chi connectivity index (χ2n) is 4.16. The predicted octanol–water partition coefficient (Wildman–Crippen LogP) is 1.45. The number of nitrogens with zero attached hydrogens (tertiary/aromatic N) is 3. The quantitative estimate of drug-likeness (QED) is 0.401. The van der Waals surface area contributed by atoms with Crippen LogP contribution in [0.4, 0.5) is 0 Å². The Morgan fingerprint density at radius 3 is 2.65 bits per heavy atom. The second-order valence-corrected chi connectivity index (χ2v) is 4.16. The summed E-state index contributed by atoms with van der Waals surface area (Å²) in [6.45, 7) is 0. The van der Waals surface area contributed by atoms with Crippen molar-refractivity contribution in [3.8, 4) is 5.69 Å². The molecule has 0 unspecified atom stereocenters. The number of ether oxygens (including phenoxy) is 1. The number of hydrogen-bond donors (Lipinski definition) is 0. The molecule has 0 aliphatic rings. The molecule has 0 saturated heterocycles. The van der Waals surface area contributed by atoms with Gasteiger partial charge >= 0.3 is 5.97 Å². The van der Waals surface area contributed by atoms with Crippen LogP contribution in [0.25, 0.3) is 16.7 Å². The lowest BCUT2D eigenvalue weighted by atomic mass is 10.2. The summed E-state index contributed by atoms with van der Waals surface area (Å²) < 4.78 is 4.72. The van der Waals surface area contributed by atoms with Crippen molar-refractivity contribution in [1.82, 2.24) is 9.90 Å². The molecule has 0 bridgehead atoms. The molecule has 6 heteroatoms.